The van der Waals surface area contributed by atoms with Gasteiger partial charge in [0.25, 0.3) is 5.91 Å². The van der Waals surface area contributed by atoms with Crippen molar-refractivity contribution in [3.8, 4) is 11.5 Å². The molecule has 0 radical (unpaired) electrons. The second-order valence-corrected chi connectivity index (χ2v) is 9.32. The topological polar surface area (TPSA) is 115 Å². The first kappa shape index (κ1) is 22.6. The number of aromatic amines is 1. The first-order chi connectivity index (χ1) is 18.2. The Balaban J connectivity index is 1.08. The maximum Gasteiger partial charge on any atom is 0.268 e. The van der Waals surface area contributed by atoms with Crippen molar-refractivity contribution in [3.63, 3.8) is 0 Å². The highest BCUT2D eigenvalue weighted by atomic mass is 32.1. The Bertz CT molecular complexity index is 1700. The number of amides is 1. The monoisotopic (exact) mass is 508 g/mol. The number of thiophene rings is 1. The number of tetrazole rings is 1. The molecule has 0 unspecified atom stereocenters. The molecule has 2 N–H and O–H groups in total. The van der Waals surface area contributed by atoms with Crippen molar-refractivity contribution >= 4 is 44.2 Å². The lowest BCUT2D eigenvalue weighted by Crippen LogP contribution is -2.11. The molecular weight excluding hydrogens is 488 g/mol. The van der Waals surface area contributed by atoms with E-state index < -0.39 is 0 Å². The highest BCUT2D eigenvalue weighted by Gasteiger charge is 2.13. The highest BCUT2D eigenvalue weighted by molar-refractivity contribution is 7.20. The molecule has 0 aliphatic rings. The zero-order valence-electron chi connectivity index (χ0n) is 19.4. The minimum Gasteiger partial charge on any atom is -0.489 e. The Morgan fingerprint density at radius 2 is 1.76 bits per heavy atom. The molecule has 182 valence electrons. The number of hydrogen-bond donors (Lipinski definition) is 2. The van der Waals surface area contributed by atoms with Crippen molar-refractivity contribution in [2.75, 3.05) is 5.32 Å². The summed E-state index contributed by atoms with van der Waals surface area (Å²) in [7, 11) is 0. The fourth-order valence-corrected chi connectivity index (χ4v) is 4.78. The predicted octanol–water partition coefficient (Wildman–Crippen LogP) is 5.37. The minimum atomic E-state index is -0.280. The van der Waals surface area contributed by atoms with Crippen LogP contribution in [-0.4, -0.2) is 31.5 Å². The largest absolute Gasteiger partial charge is 0.489 e. The molecule has 10 heteroatoms. The molecule has 0 aliphatic heterocycles. The van der Waals surface area contributed by atoms with Gasteiger partial charge in [0, 0.05) is 10.1 Å². The Labute approximate surface area is 215 Å². The summed E-state index contributed by atoms with van der Waals surface area (Å²) in [5.74, 6) is 1.38. The zero-order chi connectivity index (χ0) is 25.0. The molecule has 3 aromatic carbocycles. The van der Waals surface area contributed by atoms with E-state index >= 15 is 0 Å². The van der Waals surface area contributed by atoms with Crippen LogP contribution in [0.15, 0.2) is 84.9 Å². The Kier molecular flexibility index (Phi) is 6.14. The van der Waals surface area contributed by atoms with Crippen LogP contribution in [0.25, 0.3) is 21.0 Å². The number of benzene rings is 3. The van der Waals surface area contributed by atoms with E-state index in [2.05, 4.69) is 37.0 Å². The molecule has 37 heavy (non-hydrogen) atoms. The van der Waals surface area contributed by atoms with Crippen molar-refractivity contribution in [1.82, 2.24) is 25.6 Å². The molecule has 0 saturated heterocycles. The first-order valence-electron chi connectivity index (χ1n) is 11.5. The average Bonchev–Trinajstić information content (AvgIpc) is 3.60. The number of nitrogens with zero attached hydrogens (tertiary/aromatic N) is 4. The molecule has 6 aromatic rings. The van der Waals surface area contributed by atoms with E-state index in [-0.39, 0.29) is 11.9 Å². The molecule has 3 aromatic heterocycles. The van der Waals surface area contributed by atoms with Gasteiger partial charge in [-0.3, -0.25) is 10.1 Å². The van der Waals surface area contributed by atoms with Crippen molar-refractivity contribution in [1.29, 1.82) is 0 Å². The zero-order valence-corrected chi connectivity index (χ0v) is 20.2. The lowest BCUT2D eigenvalue weighted by molar-refractivity contribution is 0.102. The van der Waals surface area contributed by atoms with Gasteiger partial charge in [-0.15, -0.1) is 11.3 Å². The van der Waals surface area contributed by atoms with E-state index in [9.17, 15) is 4.79 Å². The number of H-pyrrole nitrogens is 1. The van der Waals surface area contributed by atoms with Gasteiger partial charge in [-0.1, -0.05) is 41.5 Å². The lowest BCUT2D eigenvalue weighted by atomic mass is 10.2. The van der Waals surface area contributed by atoms with Gasteiger partial charge in [0.15, 0.2) is 0 Å². The Morgan fingerprint density at radius 3 is 2.68 bits per heavy atom. The Morgan fingerprint density at radius 1 is 0.865 bits per heavy atom. The van der Waals surface area contributed by atoms with Crippen LogP contribution < -0.4 is 14.8 Å². The van der Waals surface area contributed by atoms with Gasteiger partial charge < -0.3 is 9.47 Å². The lowest BCUT2D eigenvalue weighted by Gasteiger charge is -2.10. The number of nitrogens with one attached hydrogen (secondary N) is 2. The molecule has 9 nitrogen and oxygen atoms in total. The maximum absolute atomic E-state index is 12.4. The molecule has 0 atom stereocenters. The van der Waals surface area contributed by atoms with Gasteiger partial charge in [0.05, 0.1) is 16.1 Å². The van der Waals surface area contributed by atoms with Gasteiger partial charge in [-0.2, -0.15) is 0 Å². The molecule has 1 amide bonds. The summed E-state index contributed by atoms with van der Waals surface area (Å²) in [4.78, 5) is 17.7. The van der Waals surface area contributed by atoms with E-state index in [1.54, 1.807) is 0 Å². The number of aromatic nitrogens is 5. The number of ether oxygens (including phenoxy) is 2. The standard InChI is InChI=1S/C27H20N6O3S/c34-26(29-27-30-32-33-31-27)25-14-19-13-22(10-11-24(19)37-25)35-15-17-4-3-6-21(12-17)36-16-20-9-8-18-5-1-2-7-23(18)28-20/h1-14H,15-16H2,(H2,29,30,31,32,33,34). The number of rotatable bonds is 8. The van der Waals surface area contributed by atoms with Crippen molar-refractivity contribution in [2.24, 2.45) is 0 Å². The van der Waals surface area contributed by atoms with Crippen LogP contribution in [0.2, 0.25) is 0 Å². The molecular formula is C27H20N6O3S. The minimum absolute atomic E-state index is 0.200. The fourth-order valence-electron chi connectivity index (χ4n) is 3.84. The third-order valence-electron chi connectivity index (χ3n) is 5.64. The van der Waals surface area contributed by atoms with Crippen LogP contribution in [0.4, 0.5) is 5.95 Å². The summed E-state index contributed by atoms with van der Waals surface area (Å²) in [6, 6.07) is 27.5. The van der Waals surface area contributed by atoms with Crippen molar-refractivity contribution in [3.05, 3.63) is 101 Å². The van der Waals surface area contributed by atoms with Crippen LogP contribution in [0.1, 0.15) is 20.9 Å². The van der Waals surface area contributed by atoms with Crippen LogP contribution in [0, 0.1) is 0 Å². The highest BCUT2D eigenvalue weighted by Crippen LogP contribution is 2.30. The average molecular weight is 509 g/mol. The summed E-state index contributed by atoms with van der Waals surface area (Å²) in [6.45, 7) is 0.764. The van der Waals surface area contributed by atoms with Gasteiger partial charge in [0.2, 0.25) is 5.95 Å². The summed E-state index contributed by atoms with van der Waals surface area (Å²) in [6.07, 6.45) is 0. The molecule has 0 saturated carbocycles. The number of pyridine rings is 1. The Hall–Kier alpha value is -4.83. The van der Waals surface area contributed by atoms with Crippen molar-refractivity contribution in [2.45, 2.75) is 13.2 Å². The quantitative estimate of drug-likeness (QED) is 0.284. The van der Waals surface area contributed by atoms with Crippen LogP contribution in [0.3, 0.4) is 0 Å². The molecule has 3 heterocycles. The molecule has 0 bridgehead atoms. The normalized spacial score (nSPS) is 11.0. The van der Waals surface area contributed by atoms with Crippen LogP contribution in [0.5, 0.6) is 11.5 Å². The molecule has 6 rings (SSSR count). The number of fused-ring (bicyclic) bond motifs is 2. The first-order valence-corrected chi connectivity index (χ1v) is 12.3. The third-order valence-corrected chi connectivity index (χ3v) is 6.75. The number of hydrogen-bond acceptors (Lipinski definition) is 8. The van der Waals surface area contributed by atoms with E-state index in [0.29, 0.717) is 23.8 Å². The number of anilines is 1. The van der Waals surface area contributed by atoms with Crippen LogP contribution in [-0.2, 0) is 13.2 Å². The van der Waals surface area contributed by atoms with Gasteiger partial charge in [0.1, 0.15) is 24.7 Å². The number of para-hydroxylation sites is 1. The van der Waals surface area contributed by atoms with E-state index in [1.165, 1.54) is 11.3 Å². The SMILES string of the molecule is O=C(Nc1nnn[nH]1)c1cc2cc(OCc3cccc(OCc4ccc5ccccc5n4)c3)ccc2s1. The van der Waals surface area contributed by atoms with Crippen LogP contribution >= 0.6 is 11.3 Å². The molecule has 0 spiro atoms. The second kappa shape index (κ2) is 10.0. The van der Waals surface area contributed by atoms with Gasteiger partial charge >= 0.3 is 0 Å². The van der Waals surface area contributed by atoms with Gasteiger partial charge in [-0.25, -0.2) is 10.1 Å². The molecule has 0 aliphatic carbocycles. The predicted molar refractivity (Wildman–Crippen MR) is 141 cm³/mol. The summed E-state index contributed by atoms with van der Waals surface area (Å²) < 4.78 is 13.0. The van der Waals surface area contributed by atoms with E-state index in [4.69, 9.17) is 9.47 Å². The molecule has 0 fully saturated rings. The summed E-state index contributed by atoms with van der Waals surface area (Å²) in [5.41, 5.74) is 2.80. The van der Waals surface area contributed by atoms with Gasteiger partial charge in [-0.05, 0) is 69.9 Å². The van der Waals surface area contributed by atoms with Crippen molar-refractivity contribution < 1.29 is 14.3 Å². The smallest absolute Gasteiger partial charge is 0.268 e. The third kappa shape index (κ3) is 5.24. The van der Waals surface area contributed by atoms with E-state index in [0.717, 1.165) is 38.0 Å². The number of carbonyl (C=O) groups excluding carboxylic acids is 1. The summed E-state index contributed by atoms with van der Waals surface area (Å²) >= 11 is 1.38. The fraction of sp³-hybridized carbons (Fsp3) is 0.0741. The van der Waals surface area contributed by atoms with E-state index in [1.807, 2.05) is 78.9 Å². The maximum atomic E-state index is 12.4. The second-order valence-electron chi connectivity index (χ2n) is 8.23. The summed E-state index contributed by atoms with van der Waals surface area (Å²) in [5, 5.41) is 17.7. The number of carbonyl (C=O) groups is 1.